The van der Waals surface area contributed by atoms with Gasteiger partial charge in [0.1, 0.15) is 12.6 Å². The van der Waals surface area contributed by atoms with Crippen LogP contribution in [0.25, 0.3) is 0 Å². The molecule has 1 unspecified atom stereocenters. The van der Waals surface area contributed by atoms with Gasteiger partial charge in [0.25, 0.3) is 10.0 Å². The van der Waals surface area contributed by atoms with Crippen molar-refractivity contribution in [2.24, 2.45) is 0 Å². The van der Waals surface area contributed by atoms with Crippen LogP contribution in [0.5, 0.6) is 0 Å². The summed E-state index contributed by atoms with van der Waals surface area (Å²) < 4.78 is 28.7. The Morgan fingerprint density at radius 1 is 0.897 bits per heavy atom. The molecule has 1 atom stereocenters. The van der Waals surface area contributed by atoms with Crippen molar-refractivity contribution in [1.29, 1.82) is 0 Å². The van der Waals surface area contributed by atoms with Crippen molar-refractivity contribution < 1.29 is 18.0 Å². The van der Waals surface area contributed by atoms with Crippen LogP contribution in [-0.4, -0.2) is 44.3 Å². The summed E-state index contributed by atoms with van der Waals surface area (Å²) in [4.78, 5) is 28.3. The molecule has 3 aromatic rings. The first-order valence-corrected chi connectivity index (χ1v) is 14.9. The zero-order valence-corrected chi connectivity index (χ0v) is 24.9. The molecule has 0 saturated heterocycles. The first kappa shape index (κ1) is 30.8. The summed E-state index contributed by atoms with van der Waals surface area (Å²) in [6.45, 7) is 5.25. The van der Waals surface area contributed by atoms with Gasteiger partial charge < -0.3 is 10.2 Å². The highest BCUT2D eigenvalue weighted by Crippen LogP contribution is 2.27. The quantitative estimate of drug-likeness (QED) is 0.285. The van der Waals surface area contributed by atoms with E-state index in [1.165, 1.54) is 29.2 Å². The van der Waals surface area contributed by atoms with Crippen molar-refractivity contribution in [1.82, 2.24) is 10.2 Å². The van der Waals surface area contributed by atoms with Crippen molar-refractivity contribution in [3.63, 3.8) is 0 Å². The van der Waals surface area contributed by atoms with Gasteiger partial charge in [0.05, 0.1) is 10.6 Å². The summed E-state index contributed by atoms with van der Waals surface area (Å²) in [6, 6.07) is 16.5. The van der Waals surface area contributed by atoms with Gasteiger partial charge in [-0.1, -0.05) is 65.5 Å². The highest BCUT2D eigenvalue weighted by atomic mass is 35.5. The average molecular weight is 611 g/mol. The van der Waals surface area contributed by atoms with Crippen molar-refractivity contribution in [2.75, 3.05) is 17.4 Å². The molecule has 0 aromatic heterocycles. The number of carbonyl (C=O) groups is 2. The Bertz CT molecular complexity index is 1410. The lowest BCUT2D eigenvalue weighted by atomic mass is 10.1. The standard InChI is InChI=1S/C28H30Cl3N3O4S/c1-4-26(28(36)32-5-2)33(17-20-8-9-22(30)16-25(20)31)27(35)18-34(23-12-6-19(3)7-13-23)39(37,38)24-14-10-21(29)11-15-24/h6-16,26H,4-5,17-18H2,1-3H3,(H,32,36). The molecule has 0 aliphatic carbocycles. The van der Waals surface area contributed by atoms with E-state index in [1.54, 1.807) is 56.3 Å². The normalized spacial score (nSPS) is 12.1. The number of likely N-dealkylation sites (N-methyl/N-ethyl adjacent to an activating group) is 1. The highest BCUT2D eigenvalue weighted by molar-refractivity contribution is 7.92. The molecule has 0 aliphatic heterocycles. The highest BCUT2D eigenvalue weighted by Gasteiger charge is 2.33. The van der Waals surface area contributed by atoms with Crippen LogP contribution in [0.15, 0.2) is 71.6 Å². The van der Waals surface area contributed by atoms with E-state index in [0.717, 1.165) is 9.87 Å². The largest absolute Gasteiger partial charge is 0.355 e. The maximum atomic E-state index is 14.0. The SMILES string of the molecule is CCNC(=O)C(CC)N(Cc1ccc(Cl)cc1Cl)C(=O)CN(c1ccc(C)cc1)S(=O)(=O)c1ccc(Cl)cc1. The molecule has 0 spiro atoms. The second kappa shape index (κ2) is 13.5. The number of rotatable bonds is 11. The molecule has 0 heterocycles. The fourth-order valence-electron chi connectivity index (χ4n) is 4.02. The molecule has 0 aliphatic rings. The Morgan fingerprint density at radius 2 is 1.51 bits per heavy atom. The van der Waals surface area contributed by atoms with E-state index in [1.807, 2.05) is 6.92 Å². The molecule has 3 rings (SSSR count). The maximum Gasteiger partial charge on any atom is 0.264 e. The topological polar surface area (TPSA) is 86.8 Å². The van der Waals surface area contributed by atoms with Crippen molar-refractivity contribution in [2.45, 2.75) is 44.7 Å². The molecule has 0 saturated carbocycles. The molecule has 2 amide bonds. The molecule has 1 N–H and O–H groups in total. The Hall–Kier alpha value is -2.78. The monoisotopic (exact) mass is 609 g/mol. The molecular weight excluding hydrogens is 581 g/mol. The minimum Gasteiger partial charge on any atom is -0.355 e. The lowest BCUT2D eigenvalue weighted by molar-refractivity contribution is -0.140. The van der Waals surface area contributed by atoms with Gasteiger partial charge in [0, 0.05) is 28.2 Å². The van der Waals surface area contributed by atoms with Crippen molar-refractivity contribution >= 4 is 62.3 Å². The third kappa shape index (κ3) is 7.66. The molecule has 7 nitrogen and oxygen atoms in total. The number of anilines is 1. The van der Waals surface area contributed by atoms with Gasteiger partial charge in [-0.25, -0.2) is 8.42 Å². The number of aryl methyl sites for hydroxylation is 1. The van der Waals surface area contributed by atoms with Crippen LogP contribution in [0.1, 0.15) is 31.4 Å². The van der Waals surface area contributed by atoms with Crippen LogP contribution in [0.4, 0.5) is 5.69 Å². The molecule has 0 radical (unpaired) electrons. The summed E-state index contributed by atoms with van der Waals surface area (Å²) in [6.07, 6.45) is 0.303. The second-order valence-corrected chi connectivity index (χ2v) is 12.0. The van der Waals surface area contributed by atoms with E-state index in [4.69, 9.17) is 34.8 Å². The lowest BCUT2D eigenvalue weighted by Crippen LogP contribution is -2.52. The van der Waals surface area contributed by atoms with Crippen molar-refractivity contribution in [3.05, 3.63) is 92.9 Å². The van der Waals surface area contributed by atoms with E-state index in [9.17, 15) is 18.0 Å². The second-order valence-electron chi connectivity index (χ2n) is 8.88. The van der Waals surface area contributed by atoms with Crippen LogP contribution in [0.2, 0.25) is 15.1 Å². The van der Waals surface area contributed by atoms with Crippen molar-refractivity contribution in [3.8, 4) is 0 Å². The zero-order valence-electron chi connectivity index (χ0n) is 21.8. The van der Waals surface area contributed by atoms with Crippen LogP contribution < -0.4 is 9.62 Å². The molecule has 0 fully saturated rings. The Kier molecular flexibility index (Phi) is 10.7. The lowest BCUT2D eigenvalue weighted by Gasteiger charge is -2.33. The predicted molar refractivity (Wildman–Crippen MR) is 157 cm³/mol. The molecule has 11 heteroatoms. The Labute approximate surface area is 244 Å². The summed E-state index contributed by atoms with van der Waals surface area (Å²) in [5, 5.41) is 3.90. The van der Waals surface area contributed by atoms with Gasteiger partial charge >= 0.3 is 0 Å². The molecular formula is C28H30Cl3N3O4S. The fourth-order valence-corrected chi connectivity index (χ4v) is 6.03. The smallest absolute Gasteiger partial charge is 0.264 e. The summed E-state index contributed by atoms with van der Waals surface area (Å²) in [5.74, 6) is -0.918. The predicted octanol–water partition coefficient (Wildman–Crippen LogP) is 6.09. The number of amides is 2. The summed E-state index contributed by atoms with van der Waals surface area (Å²) >= 11 is 18.4. The number of hydrogen-bond donors (Lipinski definition) is 1. The number of sulfonamides is 1. The third-order valence-electron chi connectivity index (χ3n) is 6.10. The van der Waals surface area contributed by atoms with Gasteiger partial charge in [-0.05, 0) is 74.4 Å². The minimum absolute atomic E-state index is 0.0206. The van der Waals surface area contributed by atoms with Crippen LogP contribution in [-0.2, 0) is 26.2 Å². The van der Waals surface area contributed by atoms with Crippen LogP contribution in [0, 0.1) is 6.92 Å². The number of nitrogens with one attached hydrogen (secondary N) is 1. The van der Waals surface area contributed by atoms with Gasteiger partial charge in [-0.3, -0.25) is 13.9 Å². The van der Waals surface area contributed by atoms with E-state index in [0.29, 0.717) is 39.3 Å². The zero-order chi connectivity index (χ0) is 28.7. The Morgan fingerprint density at radius 3 is 2.08 bits per heavy atom. The first-order chi connectivity index (χ1) is 18.5. The maximum absolute atomic E-state index is 14.0. The number of benzene rings is 3. The summed E-state index contributed by atoms with van der Waals surface area (Å²) in [7, 11) is -4.18. The van der Waals surface area contributed by atoms with Gasteiger partial charge in [0.15, 0.2) is 0 Å². The molecule has 39 heavy (non-hydrogen) atoms. The molecule has 3 aromatic carbocycles. The minimum atomic E-state index is -4.18. The van der Waals surface area contributed by atoms with Crippen LogP contribution >= 0.6 is 34.8 Å². The van der Waals surface area contributed by atoms with Gasteiger partial charge in [-0.15, -0.1) is 0 Å². The Balaban J connectivity index is 2.07. The van der Waals surface area contributed by atoms with E-state index in [-0.39, 0.29) is 17.3 Å². The fraction of sp³-hybridized carbons (Fsp3) is 0.286. The number of hydrogen-bond acceptors (Lipinski definition) is 4. The first-order valence-electron chi connectivity index (χ1n) is 12.3. The van der Waals surface area contributed by atoms with Gasteiger partial charge in [0.2, 0.25) is 11.8 Å². The van der Waals surface area contributed by atoms with Gasteiger partial charge in [-0.2, -0.15) is 0 Å². The van der Waals surface area contributed by atoms with Crippen LogP contribution in [0.3, 0.4) is 0 Å². The summed E-state index contributed by atoms with van der Waals surface area (Å²) in [5.41, 5.74) is 1.80. The third-order valence-corrected chi connectivity index (χ3v) is 8.72. The van der Waals surface area contributed by atoms with E-state index < -0.39 is 28.5 Å². The average Bonchev–Trinajstić information content (AvgIpc) is 2.89. The molecule has 0 bridgehead atoms. The van der Waals surface area contributed by atoms with E-state index >= 15 is 0 Å². The molecule has 208 valence electrons. The number of nitrogens with zero attached hydrogens (tertiary/aromatic N) is 2. The number of carbonyl (C=O) groups excluding carboxylic acids is 2. The van der Waals surface area contributed by atoms with E-state index in [2.05, 4.69) is 5.32 Å². The number of halogens is 3.